The van der Waals surface area contributed by atoms with Crippen molar-refractivity contribution in [2.75, 3.05) is 32.0 Å². The highest BCUT2D eigenvalue weighted by atomic mass is 35.5. The molecule has 0 aliphatic carbocycles. The summed E-state index contributed by atoms with van der Waals surface area (Å²) in [5.74, 6) is -2.92. The van der Waals surface area contributed by atoms with Crippen molar-refractivity contribution in [2.45, 2.75) is 19.0 Å². The number of alkyl halides is 1. The number of β-lactam (4-membered cyclic amide) rings is 1. The van der Waals surface area contributed by atoms with Gasteiger partial charge in [0.1, 0.15) is 24.7 Å². The number of nitrogens with one attached hydrogen (secondary N) is 2. The zero-order chi connectivity index (χ0) is 21.6. The Labute approximate surface area is 174 Å². The second-order valence-electron chi connectivity index (χ2n) is 5.34. The lowest BCUT2D eigenvalue weighted by Gasteiger charge is -2.42. The Balaban J connectivity index is 2.17. The lowest BCUT2D eigenvalue weighted by molar-refractivity contribution is -0.229. The highest BCUT2D eigenvalue weighted by Crippen LogP contribution is 2.22. The highest BCUT2D eigenvalue weighted by molar-refractivity contribution is 7.14. The normalized spacial score (nSPS) is 18.7. The summed E-state index contributed by atoms with van der Waals surface area (Å²) in [6.45, 7) is 1.70. The molecular weight excluding hydrogens is 430 g/mol. The quantitative estimate of drug-likeness (QED) is 0.169. The van der Waals surface area contributed by atoms with Gasteiger partial charge in [0.25, 0.3) is 11.8 Å². The van der Waals surface area contributed by atoms with Gasteiger partial charge in [-0.2, -0.15) is 0 Å². The molecule has 158 valence electrons. The number of hydrogen-bond donors (Lipinski definition) is 2. The Morgan fingerprint density at radius 1 is 1.38 bits per heavy atom. The van der Waals surface area contributed by atoms with E-state index in [9.17, 15) is 19.2 Å². The van der Waals surface area contributed by atoms with Crippen LogP contribution in [-0.2, 0) is 33.6 Å². The third-order valence-corrected chi connectivity index (χ3v) is 4.58. The maximum atomic E-state index is 12.7. The van der Waals surface area contributed by atoms with Crippen LogP contribution in [0.15, 0.2) is 10.5 Å². The number of hydrogen-bond acceptors (Lipinski definition) is 10. The molecule has 0 radical (unpaired) electrons. The standard InChI is InChI=1S/C15H18ClN5O7S/c1-4-28-14(25)11-10(13(24)21(11)27-3)19-12(23)9(20-26-2)7-6-29-15(17-7)18-8(22)5-16/h6,10-11H,4-5H2,1-3H3,(H,19,23)(H,17,18,22)/t10-,11+/m0/s1. The molecule has 1 saturated heterocycles. The molecule has 1 fully saturated rings. The Bertz CT molecular complexity index is 830. The van der Waals surface area contributed by atoms with Gasteiger partial charge in [-0.25, -0.2) is 14.8 Å². The van der Waals surface area contributed by atoms with Crippen molar-refractivity contribution in [2.24, 2.45) is 5.16 Å². The number of carbonyl (C=O) groups excluding carboxylic acids is 4. The van der Waals surface area contributed by atoms with Crippen molar-refractivity contribution < 1.29 is 33.6 Å². The summed E-state index contributed by atoms with van der Waals surface area (Å²) in [5.41, 5.74) is -0.177. The Kier molecular flexibility index (Phi) is 7.87. The molecule has 29 heavy (non-hydrogen) atoms. The van der Waals surface area contributed by atoms with Crippen LogP contribution < -0.4 is 10.6 Å². The van der Waals surface area contributed by atoms with Gasteiger partial charge in [0.15, 0.2) is 16.9 Å². The number of amides is 3. The van der Waals surface area contributed by atoms with Crippen LogP contribution >= 0.6 is 22.9 Å². The summed E-state index contributed by atoms with van der Waals surface area (Å²) >= 11 is 6.46. The van der Waals surface area contributed by atoms with Crippen LogP contribution in [-0.4, -0.2) is 78.2 Å². The molecule has 1 aliphatic rings. The number of esters is 1. The molecule has 12 nitrogen and oxygen atoms in total. The SMILES string of the molecule is CCOC(=O)[C@H]1[C@H](NC(=O)C(=NOC)c2csc(NC(=O)CCl)n2)C(=O)N1OC. The maximum Gasteiger partial charge on any atom is 0.334 e. The van der Waals surface area contributed by atoms with Crippen LogP contribution in [0.3, 0.4) is 0 Å². The predicted octanol–water partition coefficient (Wildman–Crippen LogP) is -0.509. The van der Waals surface area contributed by atoms with Crippen molar-refractivity contribution in [1.29, 1.82) is 0 Å². The lowest BCUT2D eigenvalue weighted by atomic mass is 9.97. The van der Waals surface area contributed by atoms with Gasteiger partial charge in [0.05, 0.1) is 13.7 Å². The number of aromatic nitrogens is 1. The molecule has 0 bridgehead atoms. The minimum absolute atomic E-state index is 0.0854. The molecule has 1 aromatic heterocycles. The number of thiazole rings is 1. The van der Waals surface area contributed by atoms with Crippen LogP contribution in [0.1, 0.15) is 12.6 Å². The average Bonchev–Trinajstić information content (AvgIpc) is 3.15. The molecule has 3 amide bonds. The fraction of sp³-hybridized carbons (Fsp3) is 0.467. The summed E-state index contributed by atoms with van der Waals surface area (Å²) in [6.07, 6.45) is 0. The van der Waals surface area contributed by atoms with Gasteiger partial charge in [-0.3, -0.25) is 19.2 Å². The third-order valence-electron chi connectivity index (χ3n) is 3.58. The van der Waals surface area contributed by atoms with E-state index in [1.54, 1.807) is 6.92 Å². The summed E-state index contributed by atoms with van der Waals surface area (Å²) < 4.78 is 4.90. The molecule has 0 aromatic carbocycles. The molecule has 0 unspecified atom stereocenters. The monoisotopic (exact) mass is 447 g/mol. The van der Waals surface area contributed by atoms with Crippen LogP contribution in [0.4, 0.5) is 5.13 Å². The van der Waals surface area contributed by atoms with Gasteiger partial charge < -0.3 is 20.2 Å². The molecular formula is C15H18ClN5O7S. The lowest BCUT2D eigenvalue weighted by Crippen LogP contribution is -2.73. The minimum atomic E-state index is -1.21. The third kappa shape index (κ3) is 4.99. The molecule has 0 spiro atoms. The van der Waals surface area contributed by atoms with Crippen LogP contribution in [0, 0.1) is 0 Å². The molecule has 14 heteroatoms. The summed E-state index contributed by atoms with van der Waals surface area (Å²) in [7, 11) is 2.43. The second kappa shape index (κ2) is 10.1. The highest BCUT2D eigenvalue weighted by Gasteiger charge is 2.54. The van der Waals surface area contributed by atoms with E-state index in [1.807, 2.05) is 0 Å². The zero-order valence-corrected chi connectivity index (χ0v) is 17.2. The van der Waals surface area contributed by atoms with Crippen molar-refractivity contribution in [3.05, 3.63) is 11.1 Å². The Hall–Kier alpha value is -2.77. The van der Waals surface area contributed by atoms with Crippen molar-refractivity contribution >= 4 is 57.5 Å². The molecule has 1 aromatic rings. The zero-order valence-electron chi connectivity index (χ0n) is 15.6. The first-order valence-electron chi connectivity index (χ1n) is 8.15. The Morgan fingerprint density at radius 3 is 2.69 bits per heavy atom. The number of oxime groups is 1. The molecule has 2 atom stereocenters. The fourth-order valence-electron chi connectivity index (χ4n) is 2.36. The van der Waals surface area contributed by atoms with Gasteiger partial charge in [-0.15, -0.1) is 22.9 Å². The fourth-order valence-corrected chi connectivity index (χ4v) is 3.14. The molecule has 2 heterocycles. The number of hydroxylamine groups is 2. The van der Waals surface area contributed by atoms with Crippen LogP contribution in [0.5, 0.6) is 0 Å². The summed E-state index contributed by atoms with van der Waals surface area (Å²) in [5, 5.41) is 10.9. The largest absolute Gasteiger partial charge is 0.464 e. The number of ether oxygens (including phenoxy) is 1. The van der Waals surface area contributed by atoms with Crippen molar-refractivity contribution in [3.8, 4) is 0 Å². The van der Waals surface area contributed by atoms with E-state index in [0.29, 0.717) is 0 Å². The number of nitrogens with zero attached hydrogens (tertiary/aromatic N) is 3. The first-order chi connectivity index (χ1) is 13.9. The van der Waals surface area contributed by atoms with Crippen LogP contribution in [0.25, 0.3) is 0 Å². The Morgan fingerprint density at radius 2 is 2.10 bits per heavy atom. The van der Waals surface area contributed by atoms with Crippen LogP contribution in [0.2, 0.25) is 0 Å². The van der Waals surface area contributed by atoms with E-state index >= 15 is 0 Å². The number of carbonyl (C=O) groups is 4. The number of halogens is 1. The van der Waals surface area contributed by atoms with Crippen molar-refractivity contribution in [3.63, 3.8) is 0 Å². The predicted molar refractivity (Wildman–Crippen MR) is 101 cm³/mol. The second-order valence-corrected chi connectivity index (χ2v) is 6.46. The first-order valence-corrected chi connectivity index (χ1v) is 9.56. The van der Waals surface area contributed by atoms with Gasteiger partial charge in [0.2, 0.25) is 5.91 Å². The van der Waals surface area contributed by atoms with Crippen molar-refractivity contribution in [1.82, 2.24) is 15.4 Å². The molecule has 0 saturated carbocycles. The number of anilines is 1. The average molecular weight is 448 g/mol. The van der Waals surface area contributed by atoms with E-state index < -0.39 is 35.8 Å². The van der Waals surface area contributed by atoms with Gasteiger partial charge in [-0.1, -0.05) is 5.16 Å². The summed E-state index contributed by atoms with van der Waals surface area (Å²) in [4.78, 5) is 61.8. The van der Waals surface area contributed by atoms with E-state index in [2.05, 4.69) is 25.6 Å². The topological polar surface area (TPSA) is 149 Å². The molecule has 2 N–H and O–H groups in total. The molecule has 1 aliphatic heterocycles. The van der Waals surface area contributed by atoms with Gasteiger partial charge in [-0.05, 0) is 6.92 Å². The van der Waals surface area contributed by atoms with E-state index in [-0.39, 0.29) is 29.0 Å². The van der Waals surface area contributed by atoms with E-state index in [0.717, 1.165) is 16.4 Å². The first kappa shape index (κ1) is 22.5. The van der Waals surface area contributed by atoms with E-state index in [4.69, 9.17) is 21.2 Å². The molecule has 2 rings (SSSR count). The maximum absolute atomic E-state index is 12.7. The number of rotatable bonds is 9. The summed E-state index contributed by atoms with van der Waals surface area (Å²) in [6, 6.07) is -2.35. The minimum Gasteiger partial charge on any atom is -0.464 e. The smallest absolute Gasteiger partial charge is 0.334 e. The van der Waals surface area contributed by atoms with Gasteiger partial charge >= 0.3 is 5.97 Å². The van der Waals surface area contributed by atoms with E-state index in [1.165, 1.54) is 19.6 Å². The van der Waals surface area contributed by atoms with Gasteiger partial charge in [0, 0.05) is 5.38 Å².